The summed E-state index contributed by atoms with van der Waals surface area (Å²) in [5.74, 6) is 0.457. The lowest BCUT2D eigenvalue weighted by Crippen LogP contribution is -2.45. The van der Waals surface area contributed by atoms with Crippen LogP contribution in [0.5, 0.6) is 0 Å². The van der Waals surface area contributed by atoms with Gasteiger partial charge in [0, 0.05) is 24.4 Å². The molecule has 0 bridgehead atoms. The van der Waals surface area contributed by atoms with E-state index in [0.29, 0.717) is 6.04 Å². The molecule has 5 heteroatoms. The molecule has 0 amide bonds. The smallest absolute Gasteiger partial charge is 0.151 e. The van der Waals surface area contributed by atoms with Crippen LogP contribution in [0.1, 0.15) is 33.6 Å². The summed E-state index contributed by atoms with van der Waals surface area (Å²) in [5, 5.41) is 3.38. The number of rotatable bonds is 5. The van der Waals surface area contributed by atoms with Crippen molar-refractivity contribution < 1.29 is 13.2 Å². The standard InChI is InChI=1S/C11H23NO3S/c1-4-16(13,14)8-9(2)12-11-5-6-15-10(3)7-11/h9-12H,4-8H2,1-3H3. The highest BCUT2D eigenvalue weighted by Crippen LogP contribution is 2.13. The Hall–Kier alpha value is -0.130. The van der Waals surface area contributed by atoms with Crippen LogP contribution in [0.2, 0.25) is 0 Å². The molecule has 1 aliphatic rings. The summed E-state index contributed by atoms with van der Waals surface area (Å²) in [6, 6.07) is 0.422. The van der Waals surface area contributed by atoms with Gasteiger partial charge in [0.05, 0.1) is 11.9 Å². The zero-order valence-electron chi connectivity index (χ0n) is 10.4. The molecule has 1 saturated heterocycles. The maximum absolute atomic E-state index is 11.5. The summed E-state index contributed by atoms with van der Waals surface area (Å²) in [5.41, 5.74) is 0. The molecule has 0 aromatic carbocycles. The van der Waals surface area contributed by atoms with Crippen molar-refractivity contribution in [1.82, 2.24) is 5.32 Å². The highest BCUT2D eigenvalue weighted by Gasteiger charge is 2.22. The summed E-state index contributed by atoms with van der Waals surface area (Å²) in [6.45, 7) is 6.46. The van der Waals surface area contributed by atoms with E-state index in [1.807, 2.05) is 6.92 Å². The van der Waals surface area contributed by atoms with E-state index in [2.05, 4.69) is 12.2 Å². The van der Waals surface area contributed by atoms with Gasteiger partial charge >= 0.3 is 0 Å². The summed E-state index contributed by atoms with van der Waals surface area (Å²) >= 11 is 0. The largest absolute Gasteiger partial charge is 0.378 e. The van der Waals surface area contributed by atoms with Crippen LogP contribution in [0.4, 0.5) is 0 Å². The van der Waals surface area contributed by atoms with E-state index in [1.54, 1.807) is 6.92 Å². The minimum Gasteiger partial charge on any atom is -0.378 e. The molecule has 0 aromatic rings. The third-order valence-electron chi connectivity index (χ3n) is 2.95. The molecular weight excluding hydrogens is 226 g/mol. The van der Waals surface area contributed by atoms with Gasteiger partial charge in [0.1, 0.15) is 0 Å². The molecule has 1 aliphatic heterocycles. The van der Waals surface area contributed by atoms with Crippen LogP contribution in [-0.4, -0.2) is 44.7 Å². The molecule has 1 fully saturated rings. The highest BCUT2D eigenvalue weighted by atomic mass is 32.2. The molecule has 0 radical (unpaired) electrons. The molecule has 4 nitrogen and oxygen atoms in total. The molecule has 0 saturated carbocycles. The molecule has 1 N–H and O–H groups in total. The Morgan fingerprint density at radius 1 is 1.50 bits per heavy atom. The molecule has 3 atom stereocenters. The van der Waals surface area contributed by atoms with E-state index >= 15 is 0 Å². The van der Waals surface area contributed by atoms with Crippen LogP contribution in [0, 0.1) is 0 Å². The number of nitrogens with one attached hydrogen (secondary N) is 1. The van der Waals surface area contributed by atoms with E-state index in [-0.39, 0.29) is 23.7 Å². The predicted molar refractivity (Wildman–Crippen MR) is 65.4 cm³/mol. The molecule has 0 spiro atoms. The number of hydrogen-bond acceptors (Lipinski definition) is 4. The molecule has 1 heterocycles. The van der Waals surface area contributed by atoms with Crippen LogP contribution in [-0.2, 0) is 14.6 Å². The normalized spacial score (nSPS) is 28.9. The lowest BCUT2D eigenvalue weighted by molar-refractivity contribution is 0.0121. The van der Waals surface area contributed by atoms with Gasteiger partial charge in [-0.1, -0.05) is 6.92 Å². The first kappa shape index (κ1) is 13.9. The van der Waals surface area contributed by atoms with Crippen LogP contribution in [0.3, 0.4) is 0 Å². The van der Waals surface area contributed by atoms with Crippen LogP contribution >= 0.6 is 0 Å². The fourth-order valence-corrected chi connectivity index (χ4v) is 3.19. The second kappa shape index (κ2) is 5.98. The van der Waals surface area contributed by atoms with Crippen LogP contribution in [0.25, 0.3) is 0 Å². The van der Waals surface area contributed by atoms with Crippen LogP contribution in [0.15, 0.2) is 0 Å². The maximum atomic E-state index is 11.5. The van der Waals surface area contributed by atoms with Crippen molar-refractivity contribution in [2.24, 2.45) is 0 Å². The van der Waals surface area contributed by atoms with E-state index in [1.165, 1.54) is 0 Å². The zero-order valence-corrected chi connectivity index (χ0v) is 11.2. The third kappa shape index (κ3) is 4.80. The van der Waals surface area contributed by atoms with Gasteiger partial charge in [-0.05, 0) is 26.7 Å². The fourth-order valence-electron chi connectivity index (χ4n) is 2.10. The lowest BCUT2D eigenvalue weighted by Gasteiger charge is -2.30. The second-order valence-electron chi connectivity index (χ2n) is 4.67. The summed E-state index contributed by atoms with van der Waals surface area (Å²) in [4.78, 5) is 0. The van der Waals surface area contributed by atoms with Gasteiger partial charge in [-0.2, -0.15) is 0 Å². The third-order valence-corrected chi connectivity index (χ3v) is 4.84. The Balaban J connectivity index is 2.36. The van der Waals surface area contributed by atoms with Gasteiger partial charge in [0.25, 0.3) is 0 Å². The van der Waals surface area contributed by atoms with Crippen molar-refractivity contribution in [2.45, 2.75) is 51.8 Å². The second-order valence-corrected chi connectivity index (χ2v) is 7.07. The van der Waals surface area contributed by atoms with Crippen molar-refractivity contribution in [1.29, 1.82) is 0 Å². The first-order chi connectivity index (χ1) is 7.43. The van der Waals surface area contributed by atoms with E-state index in [4.69, 9.17) is 4.74 Å². The summed E-state index contributed by atoms with van der Waals surface area (Å²) in [7, 11) is -2.88. The van der Waals surface area contributed by atoms with Crippen molar-refractivity contribution in [3.05, 3.63) is 0 Å². The highest BCUT2D eigenvalue weighted by molar-refractivity contribution is 7.91. The molecular formula is C11H23NO3S. The van der Waals surface area contributed by atoms with Gasteiger partial charge in [0.15, 0.2) is 9.84 Å². The number of ether oxygens (including phenoxy) is 1. The molecule has 3 unspecified atom stereocenters. The van der Waals surface area contributed by atoms with E-state index < -0.39 is 9.84 Å². The van der Waals surface area contributed by atoms with Crippen molar-refractivity contribution in [2.75, 3.05) is 18.1 Å². The van der Waals surface area contributed by atoms with Gasteiger partial charge in [-0.3, -0.25) is 0 Å². The zero-order chi connectivity index (χ0) is 12.2. The van der Waals surface area contributed by atoms with Gasteiger partial charge in [0.2, 0.25) is 0 Å². The molecule has 0 aliphatic carbocycles. The van der Waals surface area contributed by atoms with Gasteiger partial charge in [-0.25, -0.2) is 8.42 Å². The Kier molecular flexibility index (Phi) is 5.21. The predicted octanol–water partition coefficient (Wildman–Crippen LogP) is 0.967. The summed E-state index contributed by atoms with van der Waals surface area (Å²) in [6.07, 6.45) is 2.22. The number of sulfone groups is 1. The van der Waals surface area contributed by atoms with Crippen molar-refractivity contribution in [3.8, 4) is 0 Å². The SMILES string of the molecule is CCS(=O)(=O)CC(C)NC1CCOC(C)C1. The fraction of sp³-hybridized carbons (Fsp3) is 1.00. The minimum absolute atomic E-state index is 0.0280. The first-order valence-corrected chi connectivity index (χ1v) is 7.83. The summed E-state index contributed by atoms with van der Waals surface area (Å²) < 4.78 is 28.4. The monoisotopic (exact) mass is 249 g/mol. The Bertz CT molecular complexity index is 302. The minimum atomic E-state index is -2.88. The Morgan fingerprint density at radius 3 is 2.75 bits per heavy atom. The average Bonchev–Trinajstić information content (AvgIpc) is 2.16. The van der Waals surface area contributed by atoms with Gasteiger partial charge in [-0.15, -0.1) is 0 Å². The lowest BCUT2D eigenvalue weighted by atomic mass is 10.0. The Morgan fingerprint density at radius 2 is 2.19 bits per heavy atom. The van der Waals surface area contributed by atoms with Crippen molar-refractivity contribution in [3.63, 3.8) is 0 Å². The van der Waals surface area contributed by atoms with Crippen LogP contribution < -0.4 is 5.32 Å². The molecule has 96 valence electrons. The first-order valence-electron chi connectivity index (χ1n) is 6.01. The molecule has 1 rings (SSSR count). The topological polar surface area (TPSA) is 55.4 Å². The van der Waals surface area contributed by atoms with E-state index in [9.17, 15) is 8.42 Å². The van der Waals surface area contributed by atoms with E-state index in [0.717, 1.165) is 19.4 Å². The molecule has 16 heavy (non-hydrogen) atoms. The van der Waals surface area contributed by atoms with Crippen molar-refractivity contribution >= 4 is 9.84 Å². The Labute approximate surface area is 98.7 Å². The quantitative estimate of drug-likeness (QED) is 0.789. The molecule has 0 aromatic heterocycles. The average molecular weight is 249 g/mol. The number of hydrogen-bond donors (Lipinski definition) is 1. The van der Waals surface area contributed by atoms with Gasteiger partial charge < -0.3 is 10.1 Å². The maximum Gasteiger partial charge on any atom is 0.151 e.